The monoisotopic (exact) mass is 240 g/mol. The van der Waals surface area contributed by atoms with Crippen LogP contribution in [0.3, 0.4) is 0 Å². The molecule has 1 heterocycles. The molecule has 2 aliphatic rings. The normalized spacial score (nSPS) is 32.5. The van der Waals surface area contributed by atoms with Crippen molar-refractivity contribution in [2.45, 2.75) is 56.5 Å². The molecule has 0 bridgehead atoms. The average Bonchev–Trinajstić information content (AvgIpc) is 2.70. The van der Waals surface area contributed by atoms with Crippen LogP contribution in [0, 0.1) is 0 Å². The van der Waals surface area contributed by atoms with E-state index in [9.17, 15) is 9.90 Å². The molecule has 1 unspecified atom stereocenters. The highest BCUT2D eigenvalue weighted by molar-refractivity contribution is 5.79. The third-order valence-electron chi connectivity index (χ3n) is 4.31. The number of nitrogens with zero attached hydrogens (tertiary/aromatic N) is 1. The largest absolute Gasteiger partial charge is 0.480 e. The maximum atomic E-state index is 11.6. The van der Waals surface area contributed by atoms with Crippen molar-refractivity contribution in [3.63, 3.8) is 0 Å². The van der Waals surface area contributed by atoms with Crippen LogP contribution in [0.4, 0.5) is 0 Å². The van der Waals surface area contributed by atoms with Gasteiger partial charge in [-0.1, -0.05) is 12.8 Å². The van der Waals surface area contributed by atoms with Crippen molar-refractivity contribution in [2.75, 3.05) is 20.1 Å². The Kier molecular flexibility index (Phi) is 4.05. The molecule has 0 spiro atoms. The average molecular weight is 240 g/mol. The minimum atomic E-state index is -0.667. The summed E-state index contributed by atoms with van der Waals surface area (Å²) < 4.78 is 0. The van der Waals surface area contributed by atoms with Crippen LogP contribution in [0.1, 0.15) is 44.9 Å². The summed E-state index contributed by atoms with van der Waals surface area (Å²) in [6.45, 7) is 1.90. The van der Waals surface area contributed by atoms with Gasteiger partial charge in [-0.15, -0.1) is 0 Å². The maximum absolute atomic E-state index is 11.6. The van der Waals surface area contributed by atoms with Gasteiger partial charge in [-0.3, -0.25) is 10.1 Å². The Hall–Kier alpha value is -0.610. The predicted octanol–water partition coefficient (Wildman–Crippen LogP) is 1.46. The first kappa shape index (κ1) is 12.8. The van der Waals surface area contributed by atoms with Gasteiger partial charge in [0.15, 0.2) is 0 Å². The molecule has 0 aromatic rings. The van der Waals surface area contributed by atoms with Crippen molar-refractivity contribution in [2.24, 2.45) is 0 Å². The number of rotatable bonds is 3. The summed E-state index contributed by atoms with van der Waals surface area (Å²) in [6, 6.07) is 0.425. The summed E-state index contributed by atoms with van der Waals surface area (Å²) in [7, 11) is 2.08. The highest BCUT2D eigenvalue weighted by Crippen LogP contribution is 2.27. The zero-order valence-corrected chi connectivity index (χ0v) is 10.7. The van der Waals surface area contributed by atoms with Gasteiger partial charge in [0.05, 0.1) is 0 Å². The van der Waals surface area contributed by atoms with Gasteiger partial charge < -0.3 is 10.0 Å². The van der Waals surface area contributed by atoms with Crippen molar-refractivity contribution in [1.82, 2.24) is 10.2 Å². The van der Waals surface area contributed by atoms with Crippen molar-refractivity contribution >= 4 is 5.97 Å². The minimum absolute atomic E-state index is 0.425. The molecule has 2 rings (SSSR count). The fraction of sp³-hybridized carbons (Fsp3) is 0.923. The van der Waals surface area contributed by atoms with E-state index in [1.807, 2.05) is 0 Å². The first-order chi connectivity index (χ1) is 8.12. The zero-order chi connectivity index (χ0) is 12.3. The molecule has 1 saturated heterocycles. The van der Waals surface area contributed by atoms with Gasteiger partial charge in [0, 0.05) is 12.6 Å². The van der Waals surface area contributed by atoms with Crippen LogP contribution in [0.25, 0.3) is 0 Å². The molecule has 4 nitrogen and oxygen atoms in total. The van der Waals surface area contributed by atoms with E-state index in [1.165, 1.54) is 12.8 Å². The third kappa shape index (κ3) is 2.99. The van der Waals surface area contributed by atoms with E-state index in [4.69, 9.17) is 0 Å². The molecule has 0 radical (unpaired) electrons. The number of hydrogen-bond donors (Lipinski definition) is 2. The van der Waals surface area contributed by atoms with Crippen molar-refractivity contribution in [1.29, 1.82) is 0 Å². The molecule has 2 fully saturated rings. The third-order valence-corrected chi connectivity index (χ3v) is 4.31. The Morgan fingerprint density at radius 1 is 1.24 bits per heavy atom. The number of nitrogens with one attached hydrogen (secondary N) is 1. The highest BCUT2D eigenvalue weighted by atomic mass is 16.4. The number of carboxylic acid groups (broad SMARTS) is 1. The quantitative estimate of drug-likeness (QED) is 0.784. The SMILES string of the molecule is CN1CCCC(NC2CCCC2)(C(=O)O)CC1. The second-order valence-electron chi connectivity index (χ2n) is 5.67. The van der Waals surface area contributed by atoms with Crippen molar-refractivity contribution in [3.8, 4) is 0 Å². The molecule has 98 valence electrons. The Labute approximate surface area is 103 Å². The molecular formula is C13H24N2O2. The fourth-order valence-electron chi connectivity index (χ4n) is 3.15. The maximum Gasteiger partial charge on any atom is 0.323 e. The Balaban J connectivity index is 2.04. The van der Waals surface area contributed by atoms with Gasteiger partial charge in [-0.05, 0) is 45.7 Å². The van der Waals surface area contributed by atoms with Crippen molar-refractivity contribution < 1.29 is 9.90 Å². The molecule has 17 heavy (non-hydrogen) atoms. The van der Waals surface area contributed by atoms with Crippen LogP contribution >= 0.6 is 0 Å². The van der Waals surface area contributed by atoms with Crippen LogP contribution in [-0.4, -0.2) is 47.7 Å². The summed E-state index contributed by atoms with van der Waals surface area (Å²) in [6.07, 6.45) is 7.25. The second-order valence-corrected chi connectivity index (χ2v) is 5.67. The van der Waals surface area contributed by atoms with E-state index in [0.717, 1.165) is 45.2 Å². The van der Waals surface area contributed by atoms with Gasteiger partial charge in [-0.2, -0.15) is 0 Å². The molecule has 2 N–H and O–H groups in total. The number of aliphatic carboxylic acids is 1. The van der Waals surface area contributed by atoms with Crippen LogP contribution in [0.5, 0.6) is 0 Å². The van der Waals surface area contributed by atoms with Gasteiger partial charge in [0.1, 0.15) is 5.54 Å². The predicted molar refractivity (Wildman–Crippen MR) is 67.1 cm³/mol. The molecule has 0 amide bonds. The number of hydrogen-bond acceptors (Lipinski definition) is 3. The Bertz CT molecular complexity index is 277. The lowest BCUT2D eigenvalue weighted by Crippen LogP contribution is -2.55. The van der Waals surface area contributed by atoms with Crippen molar-refractivity contribution in [3.05, 3.63) is 0 Å². The molecule has 0 aromatic heterocycles. The molecule has 1 saturated carbocycles. The first-order valence-electron chi connectivity index (χ1n) is 6.82. The zero-order valence-electron chi connectivity index (χ0n) is 10.7. The van der Waals surface area contributed by atoms with Gasteiger partial charge in [0.2, 0.25) is 0 Å². The van der Waals surface area contributed by atoms with E-state index < -0.39 is 11.5 Å². The van der Waals surface area contributed by atoms with E-state index in [2.05, 4.69) is 17.3 Å². The standard InChI is InChI=1S/C13H24N2O2/c1-15-9-4-7-13(8-10-15,12(16)17)14-11-5-2-3-6-11/h11,14H,2-10H2,1H3,(H,16,17). The molecule has 4 heteroatoms. The van der Waals surface area contributed by atoms with Crippen LogP contribution in [0.15, 0.2) is 0 Å². The van der Waals surface area contributed by atoms with E-state index in [1.54, 1.807) is 0 Å². The second kappa shape index (κ2) is 5.36. The van der Waals surface area contributed by atoms with E-state index >= 15 is 0 Å². The molecule has 1 atom stereocenters. The van der Waals surface area contributed by atoms with E-state index in [-0.39, 0.29) is 0 Å². The molecule has 0 aromatic carbocycles. The Morgan fingerprint density at radius 3 is 2.59 bits per heavy atom. The number of carbonyl (C=O) groups is 1. The summed E-state index contributed by atoms with van der Waals surface area (Å²) in [4.78, 5) is 13.9. The van der Waals surface area contributed by atoms with Crippen LogP contribution < -0.4 is 5.32 Å². The van der Waals surface area contributed by atoms with E-state index in [0.29, 0.717) is 6.04 Å². The van der Waals surface area contributed by atoms with Gasteiger partial charge >= 0.3 is 5.97 Å². The smallest absolute Gasteiger partial charge is 0.323 e. The lowest BCUT2D eigenvalue weighted by Gasteiger charge is -2.32. The van der Waals surface area contributed by atoms with Crippen LogP contribution in [0.2, 0.25) is 0 Å². The first-order valence-corrected chi connectivity index (χ1v) is 6.82. The number of carboxylic acids is 1. The Morgan fingerprint density at radius 2 is 1.94 bits per heavy atom. The molecule has 1 aliphatic heterocycles. The summed E-state index contributed by atoms with van der Waals surface area (Å²) >= 11 is 0. The van der Waals surface area contributed by atoms with Crippen LogP contribution in [-0.2, 0) is 4.79 Å². The molecule has 1 aliphatic carbocycles. The number of likely N-dealkylation sites (tertiary alicyclic amines) is 1. The summed E-state index contributed by atoms with van der Waals surface area (Å²) in [5, 5.41) is 13.0. The van der Waals surface area contributed by atoms with Gasteiger partial charge in [-0.25, -0.2) is 0 Å². The topological polar surface area (TPSA) is 52.6 Å². The van der Waals surface area contributed by atoms with Gasteiger partial charge in [0.25, 0.3) is 0 Å². The molecular weight excluding hydrogens is 216 g/mol. The summed E-state index contributed by atoms with van der Waals surface area (Å²) in [5.41, 5.74) is -0.667. The lowest BCUT2D eigenvalue weighted by atomic mass is 9.89. The fourth-order valence-corrected chi connectivity index (χ4v) is 3.15. The lowest BCUT2D eigenvalue weighted by molar-refractivity contribution is -0.146. The minimum Gasteiger partial charge on any atom is -0.480 e. The summed E-state index contributed by atoms with van der Waals surface area (Å²) in [5.74, 6) is -0.653. The highest BCUT2D eigenvalue weighted by Gasteiger charge is 2.41.